The number of methoxy groups -OCH3 is 1. The monoisotopic (exact) mass is 360 g/mol. The lowest BCUT2D eigenvalue weighted by Gasteiger charge is -2.18. The van der Waals surface area contributed by atoms with Crippen LogP contribution in [0, 0.1) is 5.92 Å². The van der Waals surface area contributed by atoms with Crippen molar-refractivity contribution >= 4 is 11.6 Å². The van der Waals surface area contributed by atoms with Gasteiger partial charge in [-0.15, -0.1) is 0 Å². The molecular weight excluding hydrogens is 340 g/mol. The molecule has 0 unspecified atom stereocenters. The molecule has 0 bridgehead atoms. The van der Waals surface area contributed by atoms with Crippen molar-refractivity contribution in [1.29, 1.82) is 0 Å². The van der Waals surface area contributed by atoms with Crippen molar-refractivity contribution in [2.24, 2.45) is 13.0 Å². The van der Waals surface area contributed by atoms with Gasteiger partial charge in [-0.1, -0.05) is 0 Å². The van der Waals surface area contributed by atoms with Crippen LogP contribution in [-0.2, 0) is 7.05 Å². The summed E-state index contributed by atoms with van der Waals surface area (Å²) in [4.78, 5) is 37.6. The zero-order valence-electron chi connectivity index (χ0n) is 14.6. The number of nitrogens with zero attached hydrogens (tertiary/aromatic N) is 3. The van der Waals surface area contributed by atoms with Crippen LogP contribution in [0.1, 0.15) is 17.0 Å². The number of hydrogen-bond donors (Lipinski definition) is 1. The van der Waals surface area contributed by atoms with Crippen LogP contribution < -0.4 is 25.9 Å². The number of amides is 1. The Kier molecular flexibility index (Phi) is 5.06. The highest BCUT2D eigenvalue weighted by atomic mass is 16.5. The number of nitrogens with one attached hydrogen (secondary N) is 1. The van der Waals surface area contributed by atoms with Crippen LogP contribution in [0.4, 0.5) is 5.69 Å². The summed E-state index contributed by atoms with van der Waals surface area (Å²) in [5, 5.41) is 6.80. The van der Waals surface area contributed by atoms with Gasteiger partial charge >= 0.3 is 0 Å². The van der Waals surface area contributed by atoms with E-state index in [0.29, 0.717) is 13.1 Å². The lowest BCUT2D eigenvalue weighted by atomic mass is 10.1. The van der Waals surface area contributed by atoms with Gasteiger partial charge in [0.15, 0.2) is 5.76 Å². The largest absolute Gasteiger partial charge is 0.490 e. The Morgan fingerprint density at radius 3 is 2.92 bits per heavy atom. The van der Waals surface area contributed by atoms with E-state index in [1.165, 1.54) is 11.8 Å². The average Bonchev–Trinajstić information content (AvgIpc) is 3.11. The molecule has 1 N–H and O–H groups in total. The molecule has 9 nitrogen and oxygen atoms in total. The van der Waals surface area contributed by atoms with Gasteiger partial charge in [0.2, 0.25) is 11.2 Å². The molecule has 1 atom stereocenters. The van der Waals surface area contributed by atoms with Crippen molar-refractivity contribution in [1.82, 2.24) is 15.1 Å². The Morgan fingerprint density at radius 1 is 1.42 bits per heavy atom. The molecule has 1 saturated heterocycles. The molecule has 2 aromatic heterocycles. The maximum Gasteiger partial charge on any atom is 0.287 e. The van der Waals surface area contributed by atoms with Crippen molar-refractivity contribution in [2.45, 2.75) is 6.42 Å². The summed E-state index contributed by atoms with van der Waals surface area (Å²) in [5.41, 5.74) is 0.214. The molecule has 0 aromatic carbocycles. The van der Waals surface area contributed by atoms with Gasteiger partial charge in [-0.2, -0.15) is 5.10 Å². The first-order valence-corrected chi connectivity index (χ1v) is 8.21. The molecule has 0 saturated carbocycles. The van der Waals surface area contributed by atoms with E-state index in [9.17, 15) is 14.4 Å². The van der Waals surface area contributed by atoms with E-state index < -0.39 is 11.3 Å². The lowest BCUT2D eigenvalue weighted by molar-refractivity contribution is 0.0917. The second-order valence-corrected chi connectivity index (χ2v) is 6.16. The summed E-state index contributed by atoms with van der Waals surface area (Å²) in [6, 6.07) is 2.67. The lowest BCUT2D eigenvalue weighted by Crippen LogP contribution is -2.31. The first-order valence-electron chi connectivity index (χ1n) is 8.21. The second kappa shape index (κ2) is 7.42. The van der Waals surface area contributed by atoms with Gasteiger partial charge in [0, 0.05) is 38.8 Å². The minimum absolute atomic E-state index is 0.0515. The minimum Gasteiger partial charge on any atom is -0.490 e. The Morgan fingerprint density at radius 2 is 2.23 bits per heavy atom. The van der Waals surface area contributed by atoms with E-state index in [1.54, 1.807) is 19.3 Å². The topological polar surface area (TPSA) is 107 Å². The Bertz CT molecular complexity index is 920. The smallest absolute Gasteiger partial charge is 0.287 e. The van der Waals surface area contributed by atoms with E-state index in [4.69, 9.17) is 9.15 Å². The van der Waals surface area contributed by atoms with Crippen LogP contribution in [0.25, 0.3) is 0 Å². The third-order valence-corrected chi connectivity index (χ3v) is 4.40. The summed E-state index contributed by atoms with van der Waals surface area (Å²) in [7, 11) is 2.96. The number of anilines is 1. The SMILES string of the molecule is COc1coc(C(=O)NC[C@@H]2CCN(c3cnn(C)c(=O)c3)C2)cc1=O. The zero-order chi connectivity index (χ0) is 18.7. The van der Waals surface area contributed by atoms with Gasteiger partial charge in [0.1, 0.15) is 6.26 Å². The highest BCUT2D eigenvalue weighted by Crippen LogP contribution is 2.21. The van der Waals surface area contributed by atoms with Crippen LogP contribution in [0.5, 0.6) is 5.75 Å². The first kappa shape index (κ1) is 17.7. The maximum atomic E-state index is 12.1. The van der Waals surface area contributed by atoms with Crippen molar-refractivity contribution < 1.29 is 13.9 Å². The third kappa shape index (κ3) is 3.76. The van der Waals surface area contributed by atoms with E-state index in [1.807, 2.05) is 0 Å². The minimum atomic E-state index is -0.446. The highest BCUT2D eigenvalue weighted by Gasteiger charge is 2.24. The standard InChI is InChI=1S/C17H20N4O5/c1-20-16(23)5-12(8-19-20)21-4-3-11(9-21)7-18-17(24)14-6-13(22)15(25-2)10-26-14/h5-6,8,10-11H,3-4,7,9H2,1-2H3,(H,18,24)/t11-/m0/s1. The molecule has 0 radical (unpaired) electrons. The molecule has 1 aliphatic heterocycles. The average molecular weight is 360 g/mol. The molecule has 3 heterocycles. The number of aromatic nitrogens is 2. The van der Waals surface area contributed by atoms with E-state index in [0.717, 1.165) is 31.0 Å². The number of hydrogen-bond acceptors (Lipinski definition) is 7. The fourth-order valence-electron chi connectivity index (χ4n) is 2.86. The summed E-state index contributed by atoms with van der Waals surface area (Å²) >= 11 is 0. The van der Waals surface area contributed by atoms with Gasteiger partial charge in [-0.05, 0) is 12.3 Å². The van der Waals surface area contributed by atoms with Crippen LogP contribution in [0.2, 0.25) is 0 Å². The van der Waals surface area contributed by atoms with Gasteiger partial charge < -0.3 is 19.4 Å². The van der Waals surface area contributed by atoms with Crippen molar-refractivity contribution in [3.8, 4) is 5.75 Å². The predicted octanol–water partition coefficient (Wildman–Crippen LogP) is -0.00160. The van der Waals surface area contributed by atoms with Crippen LogP contribution in [-0.4, -0.2) is 42.4 Å². The Hall–Kier alpha value is -3.10. The van der Waals surface area contributed by atoms with Gasteiger partial charge in [0.25, 0.3) is 11.5 Å². The van der Waals surface area contributed by atoms with Crippen molar-refractivity contribution in [2.75, 3.05) is 31.6 Å². The van der Waals surface area contributed by atoms with E-state index in [2.05, 4.69) is 15.3 Å². The normalized spacial score (nSPS) is 16.5. The first-order chi connectivity index (χ1) is 12.5. The molecule has 0 aliphatic carbocycles. The van der Waals surface area contributed by atoms with Crippen LogP contribution in [0.15, 0.2) is 38.6 Å². The summed E-state index contributed by atoms with van der Waals surface area (Å²) in [6.07, 6.45) is 3.66. The summed E-state index contributed by atoms with van der Waals surface area (Å²) in [6.45, 7) is 1.94. The number of aryl methyl sites for hydroxylation is 1. The second-order valence-electron chi connectivity index (χ2n) is 6.16. The zero-order valence-corrected chi connectivity index (χ0v) is 14.6. The molecule has 26 heavy (non-hydrogen) atoms. The quantitative estimate of drug-likeness (QED) is 0.800. The molecule has 0 spiro atoms. The third-order valence-electron chi connectivity index (χ3n) is 4.40. The molecule has 138 valence electrons. The summed E-state index contributed by atoms with van der Waals surface area (Å²) < 4.78 is 11.2. The maximum absolute atomic E-state index is 12.1. The molecule has 9 heteroatoms. The van der Waals surface area contributed by atoms with Gasteiger partial charge in [-0.25, -0.2) is 4.68 Å². The summed E-state index contributed by atoms with van der Waals surface area (Å²) in [5.74, 6) is -0.219. The fourth-order valence-corrected chi connectivity index (χ4v) is 2.86. The fraction of sp³-hybridized carbons (Fsp3) is 0.412. The van der Waals surface area contributed by atoms with Gasteiger partial charge in [-0.3, -0.25) is 14.4 Å². The number of rotatable bonds is 5. The Labute approximate surface area is 149 Å². The number of carbonyl (C=O) groups excluding carboxylic acids is 1. The number of carbonyl (C=O) groups is 1. The highest BCUT2D eigenvalue weighted by molar-refractivity contribution is 5.91. The molecular formula is C17H20N4O5. The molecule has 1 amide bonds. The Balaban J connectivity index is 1.56. The van der Waals surface area contributed by atoms with E-state index in [-0.39, 0.29) is 23.0 Å². The molecule has 1 fully saturated rings. The van der Waals surface area contributed by atoms with Gasteiger partial charge in [0.05, 0.1) is 19.0 Å². The van der Waals surface area contributed by atoms with E-state index >= 15 is 0 Å². The van der Waals surface area contributed by atoms with Crippen molar-refractivity contribution in [3.63, 3.8) is 0 Å². The van der Waals surface area contributed by atoms with Crippen molar-refractivity contribution in [3.05, 3.63) is 50.9 Å². The molecule has 3 rings (SSSR count). The number of ether oxygens (including phenoxy) is 1. The van der Waals surface area contributed by atoms with Crippen LogP contribution in [0.3, 0.4) is 0 Å². The molecule has 2 aromatic rings. The van der Waals surface area contributed by atoms with Crippen LogP contribution >= 0.6 is 0 Å². The molecule has 1 aliphatic rings. The predicted molar refractivity (Wildman–Crippen MR) is 93.7 cm³/mol.